The van der Waals surface area contributed by atoms with E-state index >= 15 is 0 Å². The van der Waals surface area contributed by atoms with Gasteiger partial charge in [-0.3, -0.25) is 0 Å². The summed E-state index contributed by atoms with van der Waals surface area (Å²) in [5.74, 6) is 0.648. The molecule has 3 aromatic rings. The quantitative estimate of drug-likeness (QED) is 0.424. The maximum absolute atomic E-state index is 14.0. The molecule has 0 amide bonds. The Morgan fingerprint density at radius 3 is 2.56 bits per heavy atom. The van der Waals surface area contributed by atoms with Crippen LogP contribution in [0.5, 0.6) is 0 Å². The van der Waals surface area contributed by atoms with E-state index < -0.39 is 0 Å². The summed E-state index contributed by atoms with van der Waals surface area (Å²) in [6, 6.07) is 18.8. The Morgan fingerprint density at radius 2 is 1.81 bits per heavy atom. The molecule has 5 rings (SSSR count). The first kappa shape index (κ1) is 23.8. The maximum atomic E-state index is 14.0. The molecule has 0 saturated carbocycles. The highest BCUT2D eigenvalue weighted by molar-refractivity contribution is 7.14. The monoisotopic (exact) mass is 497 g/mol. The minimum Gasteiger partial charge on any atom is -0.380 e. The second-order valence-corrected chi connectivity index (χ2v) is 10.1. The van der Waals surface area contributed by atoms with Gasteiger partial charge in [-0.15, -0.1) is 11.3 Å². The van der Waals surface area contributed by atoms with Crippen molar-refractivity contribution >= 4 is 34.4 Å². The molecule has 0 atom stereocenters. The zero-order valence-corrected chi connectivity index (χ0v) is 21.0. The Bertz CT molecular complexity index is 1380. The molecule has 0 unspecified atom stereocenters. The third-order valence-electron chi connectivity index (χ3n) is 6.61. The molecular formula is C29H28FN5S. The van der Waals surface area contributed by atoms with Gasteiger partial charge in [0.05, 0.1) is 39.3 Å². The van der Waals surface area contributed by atoms with Gasteiger partial charge in [-0.1, -0.05) is 49.6 Å². The number of hydrogen-bond donors (Lipinski definition) is 1. The van der Waals surface area contributed by atoms with Crippen LogP contribution < -0.4 is 5.32 Å². The summed E-state index contributed by atoms with van der Waals surface area (Å²) < 4.78 is 14.0. The van der Waals surface area contributed by atoms with Gasteiger partial charge in [0.1, 0.15) is 5.82 Å². The molecular weight excluding hydrogens is 469 g/mol. The Kier molecular flexibility index (Phi) is 6.88. The molecule has 2 aromatic carbocycles. The zero-order chi connectivity index (χ0) is 25.1. The molecule has 0 aliphatic carbocycles. The van der Waals surface area contributed by atoms with Crippen molar-refractivity contribution in [1.29, 1.82) is 5.26 Å². The number of benzene rings is 2. The number of likely N-dealkylation sites (tertiary alicyclic amines) is 1. The molecule has 36 heavy (non-hydrogen) atoms. The van der Waals surface area contributed by atoms with Gasteiger partial charge in [-0.25, -0.2) is 9.38 Å². The summed E-state index contributed by atoms with van der Waals surface area (Å²) in [7, 11) is 0. The second-order valence-electron chi connectivity index (χ2n) is 9.01. The van der Waals surface area contributed by atoms with Gasteiger partial charge < -0.3 is 15.1 Å². The fourth-order valence-electron chi connectivity index (χ4n) is 4.60. The molecule has 5 nitrogen and oxygen atoms in total. The molecule has 1 fully saturated rings. The lowest BCUT2D eigenvalue weighted by molar-refractivity contribution is 0.306. The van der Waals surface area contributed by atoms with E-state index in [0.29, 0.717) is 24.2 Å². The number of guanidine groups is 1. The van der Waals surface area contributed by atoms with E-state index in [0.717, 1.165) is 64.3 Å². The summed E-state index contributed by atoms with van der Waals surface area (Å²) in [5.41, 5.74) is 4.66. The largest absolute Gasteiger partial charge is 0.380 e. The van der Waals surface area contributed by atoms with Gasteiger partial charge in [0, 0.05) is 30.9 Å². The van der Waals surface area contributed by atoms with Crippen LogP contribution in [0.25, 0.3) is 11.4 Å². The predicted molar refractivity (Wildman–Crippen MR) is 145 cm³/mol. The normalized spacial score (nSPS) is 15.2. The van der Waals surface area contributed by atoms with Crippen molar-refractivity contribution in [2.75, 3.05) is 13.1 Å². The fraction of sp³-hybridized carbons (Fsp3) is 0.241. The third kappa shape index (κ3) is 4.77. The van der Waals surface area contributed by atoms with Crippen molar-refractivity contribution in [2.24, 2.45) is 4.99 Å². The average Bonchev–Trinajstić information content (AvgIpc) is 3.35. The van der Waals surface area contributed by atoms with Crippen molar-refractivity contribution in [3.63, 3.8) is 0 Å². The van der Waals surface area contributed by atoms with Crippen LogP contribution in [-0.2, 0) is 13.1 Å². The fourth-order valence-corrected chi connectivity index (χ4v) is 5.62. The number of fused-ring (bicyclic) bond motifs is 1. The molecule has 1 N–H and O–H groups in total. The number of rotatable bonds is 6. The highest BCUT2D eigenvalue weighted by atomic mass is 32.1. The topological polar surface area (TPSA) is 54.7 Å². The van der Waals surface area contributed by atoms with E-state index in [9.17, 15) is 9.65 Å². The third-order valence-corrected chi connectivity index (χ3v) is 7.85. The summed E-state index contributed by atoms with van der Waals surface area (Å²) in [5, 5.41) is 12.9. The van der Waals surface area contributed by atoms with Crippen molar-refractivity contribution < 1.29 is 4.39 Å². The Balaban J connectivity index is 1.44. The Morgan fingerprint density at radius 1 is 1.08 bits per heavy atom. The molecule has 0 spiro atoms. The van der Waals surface area contributed by atoms with Crippen LogP contribution in [0.15, 0.2) is 72.7 Å². The summed E-state index contributed by atoms with van der Waals surface area (Å²) in [6.45, 7) is 11.4. The van der Waals surface area contributed by atoms with Crippen LogP contribution in [0.3, 0.4) is 0 Å². The first-order valence-electron chi connectivity index (χ1n) is 12.1. The number of nitrogens with one attached hydrogen (secondary N) is 1. The van der Waals surface area contributed by atoms with Crippen LogP contribution in [0.2, 0.25) is 0 Å². The van der Waals surface area contributed by atoms with Crippen LogP contribution >= 0.6 is 11.3 Å². The summed E-state index contributed by atoms with van der Waals surface area (Å²) in [6.07, 6.45) is 3.49. The van der Waals surface area contributed by atoms with E-state index in [1.165, 1.54) is 12.5 Å². The molecule has 0 bridgehead atoms. The SMILES string of the molecule is C=C(NCc1ccccc1F)c1cc2c(s1)C(=C)N(Cc1ccccc1C#N)C(N1CCCCC1)=N2. The smallest absolute Gasteiger partial charge is 0.206 e. The van der Waals surface area contributed by atoms with Gasteiger partial charge in [-0.05, 0) is 43.0 Å². The first-order chi connectivity index (χ1) is 17.5. The second kappa shape index (κ2) is 10.4. The molecule has 1 aromatic heterocycles. The lowest BCUT2D eigenvalue weighted by Gasteiger charge is -2.39. The minimum atomic E-state index is -0.235. The molecule has 2 aliphatic heterocycles. The number of nitriles is 1. The molecule has 0 radical (unpaired) electrons. The van der Waals surface area contributed by atoms with Crippen molar-refractivity contribution in [3.05, 3.63) is 100 Å². The van der Waals surface area contributed by atoms with Gasteiger partial charge >= 0.3 is 0 Å². The van der Waals surface area contributed by atoms with E-state index in [4.69, 9.17) is 4.99 Å². The highest BCUT2D eigenvalue weighted by Gasteiger charge is 2.31. The Labute approximate surface area is 215 Å². The van der Waals surface area contributed by atoms with Gasteiger partial charge in [0.2, 0.25) is 5.96 Å². The van der Waals surface area contributed by atoms with Crippen LogP contribution in [0, 0.1) is 17.1 Å². The number of hydrogen-bond acceptors (Lipinski definition) is 6. The van der Waals surface area contributed by atoms with Gasteiger partial charge in [0.15, 0.2) is 0 Å². The standard InChI is InChI=1S/C29H28FN5S/c1-20(32-18-23-11-6-7-13-25(23)30)27-16-26-28(36-27)21(2)35(19-24-12-5-4-10-22(24)17-31)29(33-26)34-14-8-3-9-15-34/h4-7,10-13,16,32H,1-3,8-9,14-15,18-19H2. The number of nitrogens with zero attached hydrogens (tertiary/aromatic N) is 4. The van der Waals surface area contributed by atoms with E-state index in [2.05, 4.69) is 34.3 Å². The molecule has 2 aliphatic rings. The summed E-state index contributed by atoms with van der Waals surface area (Å²) in [4.78, 5) is 11.5. The van der Waals surface area contributed by atoms with Crippen LogP contribution in [-0.4, -0.2) is 28.8 Å². The average molecular weight is 498 g/mol. The zero-order valence-electron chi connectivity index (χ0n) is 20.1. The number of aliphatic imine (C=N–C) groups is 1. The van der Waals surface area contributed by atoms with E-state index in [1.807, 2.05) is 36.4 Å². The van der Waals surface area contributed by atoms with E-state index in [-0.39, 0.29) is 5.82 Å². The molecule has 1 saturated heterocycles. The van der Waals surface area contributed by atoms with Crippen molar-refractivity contribution in [3.8, 4) is 6.07 Å². The molecule has 182 valence electrons. The van der Waals surface area contributed by atoms with Crippen LogP contribution in [0.1, 0.15) is 45.7 Å². The maximum Gasteiger partial charge on any atom is 0.206 e. The minimum absolute atomic E-state index is 0.235. The molecule has 7 heteroatoms. The lowest BCUT2D eigenvalue weighted by Crippen LogP contribution is -2.46. The lowest BCUT2D eigenvalue weighted by atomic mass is 10.1. The van der Waals surface area contributed by atoms with Gasteiger partial charge in [-0.2, -0.15) is 5.26 Å². The van der Waals surface area contributed by atoms with Crippen molar-refractivity contribution in [2.45, 2.75) is 32.4 Å². The van der Waals surface area contributed by atoms with Crippen LogP contribution in [0.4, 0.5) is 10.1 Å². The van der Waals surface area contributed by atoms with Crippen molar-refractivity contribution in [1.82, 2.24) is 15.1 Å². The summed E-state index contributed by atoms with van der Waals surface area (Å²) >= 11 is 1.58. The number of piperidine rings is 1. The first-order valence-corrected chi connectivity index (χ1v) is 13.0. The van der Waals surface area contributed by atoms with E-state index in [1.54, 1.807) is 23.5 Å². The molecule has 3 heterocycles. The number of halogens is 1. The number of thiophene rings is 1. The van der Waals surface area contributed by atoms with Gasteiger partial charge in [0.25, 0.3) is 0 Å². The highest BCUT2D eigenvalue weighted by Crippen LogP contribution is 2.42. The Hall–Kier alpha value is -3.89. The predicted octanol–water partition coefficient (Wildman–Crippen LogP) is 6.48.